The van der Waals surface area contributed by atoms with Crippen LogP contribution in [-0.4, -0.2) is 27.4 Å². The van der Waals surface area contributed by atoms with Crippen molar-refractivity contribution in [1.29, 1.82) is 0 Å². The first-order chi connectivity index (χ1) is 13.6. The standard InChI is InChI=1S/C24H30N2O2/c1-17-12-13-23(18(2)14-17)28-16-20(27)15-26-22-11-7-6-10-21(22)25-24(26)19-8-4-3-5-9-19/h6-7,10-14,19-20,27H,3-5,8-9,15-16H2,1-2H3/t20-/m1/s1. The highest BCUT2D eigenvalue weighted by Gasteiger charge is 2.23. The minimum atomic E-state index is -0.583. The van der Waals surface area contributed by atoms with E-state index in [1.165, 1.54) is 37.7 Å². The van der Waals surface area contributed by atoms with Gasteiger partial charge in [0.2, 0.25) is 0 Å². The van der Waals surface area contributed by atoms with E-state index in [4.69, 9.17) is 9.72 Å². The number of hydrogen-bond acceptors (Lipinski definition) is 3. The second-order valence-electron chi connectivity index (χ2n) is 8.14. The van der Waals surface area contributed by atoms with E-state index in [0.717, 1.165) is 28.2 Å². The number of nitrogens with zero attached hydrogens (tertiary/aromatic N) is 2. The van der Waals surface area contributed by atoms with Gasteiger partial charge in [0.1, 0.15) is 24.3 Å². The molecule has 4 heteroatoms. The topological polar surface area (TPSA) is 47.3 Å². The number of para-hydroxylation sites is 2. The molecule has 1 N–H and O–H groups in total. The lowest BCUT2D eigenvalue weighted by Crippen LogP contribution is -2.25. The van der Waals surface area contributed by atoms with Crippen LogP contribution in [0.4, 0.5) is 0 Å². The second-order valence-corrected chi connectivity index (χ2v) is 8.14. The molecule has 1 saturated carbocycles. The predicted molar refractivity (Wildman–Crippen MR) is 113 cm³/mol. The number of benzene rings is 2. The SMILES string of the molecule is Cc1ccc(OC[C@H](O)Cn2c(C3CCCCC3)nc3ccccc32)c(C)c1. The average molecular weight is 379 g/mol. The van der Waals surface area contributed by atoms with Crippen molar-refractivity contribution in [3.63, 3.8) is 0 Å². The summed E-state index contributed by atoms with van der Waals surface area (Å²) in [5, 5.41) is 10.7. The molecule has 4 rings (SSSR count). The van der Waals surface area contributed by atoms with Gasteiger partial charge in [-0.25, -0.2) is 4.98 Å². The molecule has 0 spiro atoms. The maximum atomic E-state index is 10.7. The zero-order valence-electron chi connectivity index (χ0n) is 16.9. The fourth-order valence-electron chi connectivity index (χ4n) is 4.37. The van der Waals surface area contributed by atoms with E-state index < -0.39 is 6.10 Å². The molecule has 1 aromatic heterocycles. The quantitative estimate of drug-likeness (QED) is 0.646. The van der Waals surface area contributed by atoms with Crippen molar-refractivity contribution in [3.05, 3.63) is 59.4 Å². The van der Waals surface area contributed by atoms with Gasteiger partial charge < -0.3 is 14.4 Å². The third kappa shape index (κ3) is 4.07. The molecule has 0 bridgehead atoms. The van der Waals surface area contributed by atoms with Gasteiger partial charge in [-0.2, -0.15) is 0 Å². The third-order valence-electron chi connectivity index (χ3n) is 5.81. The van der Waals surface area contributed by atoms with E-state index in [1.54, 1.807) is 0 Å². The van der Waals surface area contributed by atoms with Crippen molar-refractivity contribution in [1.82, 2.24) is 9.55 Å². The molecule has 1 fully saturated rings. The van der Waals surface area contributed by atoms with Crippen molar-refractivity contribution in [3.8, 4) is 5.75 Å². The predicted octanol–water partition coefficient (Wildman–Crippen LogP) is 5.14. The smallest absolute Gasteiger partial charge is 0.122 e. The molecule has 1 heterocycles. The van der Waals surface area contributed by atoms with E-state index >= 15 is 0 Å². The molecule has 1 atom stereocenters. The molecule has 148 valence electrons. The largest absolute Gasteiger partial charge is 0.491 e. The molecule has 28 heavy (non-hydrogen) atoms. The van der Waals surface area contributed by atoms with Crippen LogP contribution in [0.1, 0.15) is 55.0 Å². The Morgan fingerprint density at radius 1 is 1.11 bits per heavy atom. The molecule has 1 aliphatic carbocycles. The van der Waals surface area contributed by atoms with Crippen LogP contribution < -0.4 is 4.74 Å². The lowest BCUT2D eigenvalue weighted by Gasteiger charge is -2.23. The molecule has 0 saturated heterocycles. The minimum Gasteiger partial charge on any atom is -0.491 e. The van der Waals surface area contributed by atoms with Gasteiger partial charge in [-0.3, -0.25) is 0 Å². The fourth-order valence-corrected chi connectivity index (χ4v) is 4.37. The Kier molecular flexibility index (Phi) is 5.67. The normalized spacial score (nSPS) is 16.4. The molecule has 0 aliphatic heterocycles. The van der Waals surface area contributed by atoms with Crippen LogP contribution in [0.2, 0.25) is 0 Å². The van der Waals surface area contributed by atoms with Crippen molar-refractivity contribution in [2.45, 2.75) is 64.5 Å². The number of aryl methyl sites for hydroxylation is 2. The average Bonchev–Trinajstić information content (AvgIpc) is 3.06. The van der Waals surface area contributed by atoms with Gasteiger partial charge in [-0.1, -0.05) is 49.1 Å². The van der Waals surface area contributed by atoms with Crippen LogP contribution >= 0.6 is 0 Å². The van der Waals surface area contributed by atoms with Crippen LogP contribution in [0, 0.1) is 13.8 Å². The van der Waals surface area contributed by atoms with Gasteiger partial charge in [-0.15, -0.1) is 0 Å². The van der Waals surface area contributed by atoms with Gasteiger partial charge in [0, 0.05) is 5.92 Å². The van der Waals surface area contributed by atoms with Gasteiger partial charge >= 0.3 is 0 Å². The van der Waals surface area contributed by atoms with Crippen LogP contribution in [0.15, 0.2) is 42.5 Å². The lowest BCUT2D eigenvalue weighted by molar-refractivity contribution is 0.0919. The molecular weight excluding hydrogens is 348 g/mol. The maximum Gasteiger partial charge on any atom is 0.122 e. The summed E-state index contributed by atoms with van der Waals surface area (Å²) in [4.78, 5) is 4.94. The Labute approximate surface area is 167 Å². The number of fused-ring (bicyclic) bond motifs is 1. The summed E-state index contributed by atoms with van der Waals surface area (Å²) < 4.78 is 8.14. The Balaban J connectivity index is 1.52. The summed E-state index contributed by atoms with van der Waals surface area (Å²) >= 11 is 0. The van der Waals surface area contributed by atoms with E-state index in [2.05, 4.69) is 29.7 Å². The molecule has 4 nitrogen and oxygen atoms in total. The number of aliphatic hydroxyl groups is 1. The Morgan fingerprint density at radius 3 is 2.68 bits per heavy atom. The number of aromatic nitrogens is 2. The minimum absolute atomic E-state index is 0.278. The van der Waals surface area contributed by atoms with Crippen molar-refractivity contribution in [2.75, 3.05) is 6.61 Å². The molecule has 0 unspecified atom stereocenters. The molecule has 3 aromatic rings. The van der Waals surface area contributed by atoms with Crippen LogP contribution in [0.5, 0.6) is 5.75 Å². The third-order valence-corrected chi connectivity index (χ3v) is 5.81. The van der Waals surface area contributed by atoms with E-state index in [1.807, 2.05) is 31.2 Å². The number of hydrogen-bond donors (Lipinski definition) is 1. The summed E-state index contributed by atoms with van der Waals surface area (Å²) in [6, 6.07) is 14.4. The highest BCUT2D eigenvalue weighted by molar-refractivity contribution is 5.76. The van der Waals surface area contributed by atoms with Gasteiger partial charge in [0.15, 0.2) is 0 Å². The summed E-state index contributed by atoms with van der Waals surface area (Å²) in [7, 11) is 0. The molecule has 0 radical (unpaired) electrons. The number of imidazole rings is 1. The van der Waals surface area contributed by atoms with Crippen LogP contribution in [0.25, 0.3) is 11.0 Å². The summed E-state index contributed by atoms with van der Waals surface area (Å²) in [6.07, 6.45) is 5.67. The first-order valence-electron chi connectivity index (χ1n) is 10.4. The first kappa shape index (κ1) is 19.0. The number of rotatable bonds is 6. The van der Waals surface area contributed by atoms with Crippen molar-refractivity contribution in [2.24, 2.45) is 0 Å². The van der Waals surface area contributed by atoms with Crippen molar-refractivity contribution < 1.29 is 9.84 Å². The van der Waals surface area contributed by atoms with Crippen LogP contribution in [-0.2, 0) is 6.54 Å². The van der Waals surface area contributed by atoms with Gasteiger partial charge in [0.25, 0.3) is 0 Å². The van der Waals surface area contributed by atoms with Crippen LogP contribution in [0.3, 0.4) is 0 Å². The zero-order valence-corrected chi connectivity index (χ0v) is 16.9. The Morgan fingerprint density at radius 2 is 1.89 bits per heavy atom. The fraction of sp³-hybridized carbons (Fsp3) is 0.458. The zero-order chi connectivity index (χ0) is 19.5. The molecular formula is C24H30N2O2. The highest BCUT2D eigenvalue weighted by atomic mass is 16.5. The number of ether oxygens (including phenoxy) is 1. The van der Waals surface area contributed by atoms with E-state index in [0.29, 0.717) is 12.5 Å². The Bertz CT molecular complexity index is 941. The first-order valence-corrected chi connectivity index (χ1v) is 10.4. The van der Waals surface area contributed by atoms with E-state index in [-0.39, 0.29) is 6.61 Å². The van der Waals surface area contributed by atoms with Gasteiger partial charge in [-0.05, 0) is 50.5 Å². The monoisotopic (exact) mass is 378 g/mol. The Hall–Kier alpha value is -2.33. The van der Waals surface area contributed by atoms with E-state index in [9.17, 15) is 5.11 Å². The maximum absolute atomic E-state index is 10.7. The highest BCUT2D eigenvalue weighted by Crippen LogP contribution is 2.34. The van der Waals surface area contributed by atoms with Gasteiger partial charge in [0.05, 0.1) is 17.6 Å². The summed E-state index contributed by atoms with van der Waals surface area (Å²) in [5.41, 5.74) is 4.44. The lowest BCUT2D eigenvalue weighted by atomic mass is 9.88. The molecule has 1 aliphatic rings. The molecule has 2 aromatic carbocycles. The molecule has 0 amide bonds. The summed E-state index contributed by atoms with van der Waals surface area (Å²) in [5.74, 6) is 2.47. The summed E-state index contributed by atoms with van der Waals surface area (Å²) in [6.45, 7) is 4.90. The van der Waals surface area contributed by atoms with Crippen molar-refractivity contribution >= 4 is 11.0 Å². The second kappa shape index (κ2) is 8.36. The number of aliphatic hydroxyl groups excluding tert-OH is 1.